The van der Waals surface area contributed by atoms with E-state index in [9.17, 15) is 0 Å². The molecule has 1 aliphatic heterocycles. The zero-order valence-corrected chi connectivity index (χ0v) is 19.8. The summed E-state index contributed by atoms with van der Waals surface area (Å²) in [5.74, 6) is 0.194. The number of nitrogens with one attached hydrogen (secondary N) is 2. The molecule has 172 valence electrons. The molecule has 0 spiro atoms. The number of rotatable bonds is 9. The maximum Gasteiger partial charge on any atom is 0.215 e. The van der Waals surface area contributed by atoms with Crippen molar-refractivity contribution < 1.29 is 4.74 Å². The van der Waals surface area contributed by atoms with Crippen LogP contribution in [-0.4, -0.2) is 41.5 Å². The van der Waals surface area contributed by atoms with Gasteiger partial charge in [0.05, 0.1) is 12.2 Å². The zero-order valence-electron chi connectivity index (χ0n) is 19.1. The minimum atomic E-state index is 0.194. The highest BCUT2D eigenvalue weighted by atomic mass is 35.5. The smallest absolute Gasteiger partial charge is 0.215 e. The third kappa shape index (κ3) is 6.34. The average Bonchev–Trinajstić information content (AvgIpc) is 3.26. The number of nitrogens with zero attached hydrogens (tertiary/aromatic N) is 2. The molecule has 2 heterocycles. The second kappa shape index (κ2) is 11.3. The van der Waals surface area contributed by atoms with E-state index in [1.807, 2.05) is 48.5 Å². The minimum Gasteiger partial charge on any atom is -0.478 e. The van der Waals surface area contributed by atoms with Crippen molar-refractivity contribution in [2.45, 2.75) is 38.8 Å². The Morgan fingerprint density at radius 2 is 1.91 bits per heavy atom. The number of halogens is 1. The molecule has 2 aromatic carbocycles. The summed E-state index contributed by atoms with van der Waals surface area (Å²) < 4.78 is 5.91. The first-order valence-electron chi connectivity index (χ1n) is 11.6. The minimum absolute atomic E-state index is 0.194. The van der Waals surface area contributed by atoms with Crippen LogP contribution < -0.4 is 5.32 Å². The molecule has 0 aliphatic carbocycles. The highest BCUT2D eigenvalue weighted by Gasteiger charge is 2.19. The summed E-state index contributed by atoms with van der Waals surface area (Å²) in [4.78, 5) is 6.62. The van der Waals surface area contributed by atoms with Gasteiger partial charge in [0.15, 0.2) is 0 Å². The fourth-order valence-corrected chi connectivity index (χ4v) is 4.38. The summed E-state index contributed by atoms with van der Waals surface area (Å²) in [5.41, 5.74) is 4.85. The van der Waals surface area contributed by atoms with Crippen molar-refractivity contribution in [3.05, 3.63) is 83.1 Å². The molecule has 33 heavy (non-hydrogen) atoms. The maximum atomic E-state index is 8.66. The number of benzene rings is 2. The fourth-order valence-electron chi connectivity index (χ4n) is 4.25. The van der Waals surface area contributed by atoms with E-state index in [0.29, 0.717) is 19.2 Å². The highest BCUT2D eigenvalue weighted by Crippen LogP contribution is 2.26. The van der Waals surface area contributed by atoms with Crippen LogP contribution in [0, 0.1) is 5.41 Å². The Kier molecular flexibility index (Phi) is 7.97. The van der Waals surface area contributed by atoms with Gasteiger partial charge in [0, 0.05) is 42.2 Å². The van der Waals surface area contributed by atoms with E-state index in [1.54, 1.807) is 12.4 Å². The van der Waals surface area contributed by atoms with Crippen molar-refractivity contribution in [2.24, 2.45) is 0 Å². The van der Waals surface area contributed by atoms with Crippen molar-refractivity contribution in [1.29, 1.82) is 5.41 Å². The van der Waals surface area contributed by atoms with Gasteiger partial charge in [0.1, 0.15) is 0 Å². The largest absolute Gasteiger partial charge is 0.478 e. The monoisotopic (exact) mass is 462 g/mol. The Morgan fingerprint density at radius 3 is 2.64 bits per heavy atom. The maximum absolute atomic E-state index is 8.66. The van der Waals surface area contributed by atoms with E-state index < -0.39 is 0 Å². The quantitative estimate of drug-likeness (QED) is 0.225. The van der Waals surface area contributed by atoms with Crippen LogP contribution in [0.15, 0.2) is 67.0 Å². The van der Waals surface area contributed by atoms with E-state index >= 15 is 0 Å². The van der Waals surface area contributed by atoms with E-state index in [1.165, 1.54) is 19.4 Å². The first-order chi connectivity index (χ1) is 16.1. The standard InChI is InChI=1S/C27H31ClN4O/c1-20-4-2-15-32(20)16-3-17-33-27(29)25-18-23(22-11-13-30-14-12-22)7-10-26(25)31-19-21-5-8-24(28)9-6-21/h5-14,18,20,29,31H,2-4,15-17,19H2,1H3. The summed E-state index contributed by atoms with van der Waals surface area (Å²) in [6, 6.07) is 18.5. The van der Waals surface area contributed by atoms with Gasteiger partial charge < -0.3 is 15.0 Å². The third-order valence-electron chi connectivity index (χ3n) is 6.20. The first kappa shape index (κ1) is 23.3. The highest BCUT2D eigenvalue weighted by molar-refractivity contribution is 6.30. The van der Waals surface area contributed by atoms with Crippen LogP contribution in [0.2, 0.25) is 5.02 Å². The number of aromatic nitrogens is 1. The van der Waals surface area contributed by atoms with Crippen molar-refractivity contribution in [2.75, 3.05) is 25.0 Å². The molecular formula is C27H31ClN4O. The molecule has 1 saturated heterocycles. The average molecular weight is 463 g/mol. The van der Waals surface area contributed by atoms with Crippen molar-refractivity contribution >= 4 is 23.2 Å². The molecular weight excluding hydrogens is 432 g/mol. The molecule has 1 atom stereocenters. The van der Waals surface area contributed by atoms with Gasteiger partial charge in [0.25, 0.3) is 0 Å². The molecule has 0 radical (unpaired) electrons. The van der Waals surface area contributed by atoms with Crippen molar-refractivity contribution in [1.82, 2.24) is 9.88 Å². The lowest BCUT2D eigenvalue weighted by atomic mass is 10.0. The molecule has 0 bridgehead atoms. The predicted molar refractivity (Wildman–Crippen MR) is 136 cm³/mol. The van der Waals surface area contributed by atoms with Gasteiger partial charge in [0.2, 0.25) is 5.90 Å². The molecule has 0 amide bonds. The third-order valence-corrected chi connectivity index (χ3v) is 6.45. The van der Waals surface area contributed by atoms with Crippen LogP contribution in [-0.2, 0) is 11.3 Å². The zero-order chi connectivity index (χ0) is 23.0. The lowest BCUT2D eigenvalue weighted by Gasteiger charge is -2.21. The number of pyridine rings is 1. The second-order valence-electron chi connectivity index (χ2n) is 8.53. The van der Waals surface area contributed by atoms with Crippen LogP contribution in [0.4, 0.5) is 5.69 Å². The SMILES string of the molecule is CC1CCCN1CCCOC(=N)c1cc(-c2ccncc2)ccc1NCc1ccc(Cl)cc1. The fraction of sp³-hybridized carbons (Fsp3) is 0.333. The molecule has 2 N–H and O–H groups in total. The number of ether oxygens (including phenoxy) is 1. The molecule has 1 aliphatic rings. The lowest BCUT2D eigenvalue weighted by molar-refractivity contribution is 0.225. The number of hydrogen-bond acceptors (Lipinski definition) is 5. The predicted octanol–water partition coefficient (Wildman–Crippen LogP) is 6.23. The van der Waals surface area contributed by atoms with E-state index in [4.69, 9.17) is 21.7 Å². The van der Waals surface area contributed by atoms with E-state index in [2.05, 4.69) is 28.2 Å². The number of anilines is 1. The van der Waals surface area contributed by atoms with Gasteiger partial charge in [-0.1, -0.05) is 29.8 Å². The second-order valence-corrected chi connectivity index (χ2v) is 8.97. The summed E-state index contributed by atoms with van der Waals surface area (Å²) in [6.45, 7) is 5.66. The lowest BCUT2D eigenvalue weighted by Crippen LogP contribution is -2.28. The van der Waals surface area contributed by atoms with Crippen LogP contribution in [0.3, 0.4) is 0 Å². The van der Waals surface area contributed by atoms with Crippen molar-refractivity contribution in [3.63, 3.8) is 0 Å². The van der Waals surface area contributed by atoms with Crippen LogP contribution in [0.25, 0.3) is 11.1 Å². The molecule has 0 saturated carbocycles. The van der Waals surface area contributed by atoms with Gasteiger partial charge in [-0.25, -0.2) is 0 Å². The Bertz CT molecular complexity index is 1060. The molecule has 6 heteroatoms. The Hall–Kier alpha value is -2.89. The van der Waals surface area contributed by atoms with Crippen molar-refractivity contribution in [3.8, 4) is 11.1 Å². The summed E-state index contributed by atoms with van der Waals surface area (Å²) in [6.07, 6.45) is 7.04. The molecule has 4 rings (SSSR count). The van der Waals surface area contributed by atoms with Crippen LogP contribution in [0.1, 0.15) is 37.3 Å². The Morgan fingerprint density at radius 1 is 1.12 bits per heavy atom. The summed E-state index contributed by atoms with van der Waals surface area (Å²) in [5, 5.41) is 12.8. The van der Waals surface area contributed by atoms with Gasteiger partial charge in [-0.3, -0.25) is 10.4 Å². The van der Waals surface area contributed by atoms with Gasteiger partial charge >= 0.3 is 0 Å². The molecule has 5 nitrogen and oxygen atoms in total. The molecule has 3 aromatic rings. The Labute approximate surface area is 201 Å². The summed E-state index contributed by atoms with van der Waals surface area (Å²) >= 11 is 6.01. The molecule has 1 unspecified atom stereocenters. The number of hydrogen-bond donors (Lipinski definition) is 2. The Balaban J connectivity index is 1.45. The van der Waals surface area contributed by atoms with Gasteiger partial charge in [-0.15, -0.1) is 0 Å². The topological polar surface area (TPSA) is 61.2 Å². The first-order valence-corrected chi connectivity index (χ1v) is 12.0. The van der Waals surface area contributed by atoms with Crippen LogP contribution in [0.5, 0.6) is 0 Å². The normalized spacial score (nSPS) is 16.0. The van der Waals surface area contributed by atoms with E-state index in [-0.39, 0.29) is 5.90 Å². The molecule has 1 aromatic heterocycles. The number of likely N-dealkylation sites (tertiary alicyclic amines) is 1. The van der Waals surface area contributed by atoms with Crippen LogP contribution >= 0.6 is 11.6 Å². The summed E-state index contributed by atoms with van der Waals surface area (Å²) in [7, 11) is 0. The molecule has 1 fully saturated rings. The van der Waals surface area contributed by atoms with E-state index in [0.717, 1.165) is 45.9 Å². The van der Waals surface area contributed by atoms with Gasteiger partial charge in [-0.05, 0) is 85.8 Å². The van der Waals surface area contributed by atoms with Gasteiger partial charge in [-0.2, -0.15) is 0 Å².